The lowest BCUT2D eigenvalue weighted by Crippen LogP contribution is -2.23. The van der Waals surface area contributed by atoms with Gasteiger partial charge in [0, 0.05) is 22.9 Å². The molecule has 0 radical (unpaired) electrons. The van der Waals surface area contributed by atoms with Gasteiger partial charge in [0.1, 0.15) is 17.2 Å². The Balaban J connectivity index is 1.35. The molecule has 9 heteroatoms. The number of benzene rings is 3. The molecule has 0 spiro atoms. The van der Waals surface area contributed by atoms with E-state index < -0.39 is 0 Å². The van der Waals surface area contributed by atoms with E-state index in [1.807, 2.05) is 95.8 Å². The van der Waals surface area contributed by atoms with Crippen molar-refractivity contribution in [2.75, 3.05) is 13.2 Å². The first-order valence-corrected chi connectivity index (χ1v) is 15.0. The first-order valence-electron chi connectivity index (χ1n) is 14.2. The van der Waals surface area contributed by atoms with Gasteiger partial charge in [-0.25, -0.2) is 4.68 Å². The Kier molecular flexibility index (Phi) is 8.09. The molecular formula is C33H31N5O3S. The number of ether oxygens (including phenoxy) is 2. The maximum atomic E-state index is 13.4. The lowest BCUT2D eigenvalue weighted by atomic mass is 10.1. The highest BCUT2D eigenvalue weighted by atomic mass is 32.1. The smallest absolute Gasteiger partial charge is 0.291 e. The zero-order valence-electron chi connectivity index (χ0n) is 23.6. The predicted octanol–water partition coefficient (Wildman–Crippen LogP) is 6.19. The number of para-hydroxylation sites is 1. The number of unbranched alkanes of at least 4 members (excludes halogenated alkanes) is 1. The molecule has 0 amide bonds. The van der Waals surface area contributed by atoms with Crippen LogP contribution in [0.4, 0.5) is 0 Å². The van der Waals surface area contributed by atoms with E-state index in [2.05, 4.69) is 23.9 Å². The number of nitrogens with zero attached hydrogens (tertiary/aromatic N) is 5. The van der Waals surface area contributed by atoms with Crippen molar-refractivity contribution in [1.29, 1.82) is 0 Å². The summed E-state index contributed by atoms with van der Waals surface area (Å²) < 4.78 is 15.3. The molecular weight excluding hydrogens is 546 g/mol. The van der Waals surface area contributed by atoms with E-state index in [0.717, 1.165) is 58.8 Å². The van der Waals surface area contributed by atoms with Crippen molar-refractivity contribution in [3.63, 3.8) is 0 Å². The fourth-order valence-corrected chi connectivity index (χ4v) is 5.39. The van der Waals surface area contributed by atoms with Crippen molar-refractivity contribution >= 4 is 22.4 Å². The summed E-state index contributed by atoms with van der Waals surface area (Å²) in [5.41, 5.74) is 4.06. The Hall–Kier alpha value is -4.76. The molecule has 0 aliphatic heterocycles. The molecule has 0 bridgehead atoms. The molecule has 0 saturated carbocycles. The number of thiazole rings is 1. The summed E-state index contributed by atoms with van der Waals surface area (Å²) in [7, 11) is 0. The monoisotopic (exact) mass is 577 g/mol. The molecule has 212 valence electrons. The maximum absolute atomic E-state index is 13.4. The topological polar surface area (TPSA) is 83.5 Å². The third-order valence-corrected chi connectivity index (χ3v) is 7.67. The van der Waals surface area contributed by atoms with Gasteiger partial charge in [0.25, 0.3) is 5.56 Å². The van der Waals surface area contributed by atoms with Crippen molar-refractivity contribution in [3.8, 4) is 39.8 Å². The fraction of sp³-hybridized carbons (Fsp3) is 0.212. The van der Waals surface area contributed by atoms with Gasteiger partial charge in [0.15, 0.2) is 5.82 Å². The second kappa shape index (κ2) is 12.4. The van der Waals surface area contributed by atoms with Crippen LogP contribution in [0, 0.1) is 0 Å². The van der Waals surface area contributed by atoms with Crippen LogP contribution in [-0.2, 0) is 0 Å². The Morgan fingerprint density at radius 3 is 2.17 bits per heavy atom. The van der Waals surface area contributed by atoms with Crippen molar-refractivity contribution in [3.05, 3.63) is 106 Å². The van der Waals surface area contributed by atoms with Gasteiger partial charge in [-0.2, -0.15) is 14.6 Å². The summed E-state index contributed by atoms with van der Waals surface area (Å²) in [5.74, 6) is 2.13. The van der Waals surface area contributed by atoms with Gasteiger partial charge in [-0.15, -0.1) is 5.10 Å². The summed E-state index contributed by atoms with van der Waals surface area (Å²) in [6.45, 7) is 5.57. The third-order valence-electron chi connectivity index (χ3n) is 6.71. The average Bonchev–Trinajstić information content (AvgIpc) is 3.72. The third kappa shape index (κ3) is 5.82. The number of fused-ring (bicyclic) bond motifs is 1. The van der Waals surface area contributed by atoms with Gasteiger partial charge in [-0.05, 0) is 79.6 Å². The predicted molar refractivity (Wildman–Crippen MR) is 167 cm³/mol. The highest BCUT2D eigenvalue weighted by Crippen LogP contribution is 2.27. The molecule has 42 heavy (non-hydrogen) atoms. The van der Waals surface area contributed by atoms with E-state index in [0.29, 0.717) is 28.5 Å². The van der Waals surface area contributed by atoms with Gasteiger partial charge < -0.3 is 9.47 Å². The quantitative estimate of drug-likeness (QED) is 0.171. The van der Waals surface area contributed by atoms with Crippen LogP contribution in [0.15, 0.2) is 89.9 Å². The molecule has 6 rings (SSSR count). The average molecular weight is 578 g/mol. The second-order valence-electron chi connectivity index (χ2n) is 9.86. The summed E-state index contributed by atoms with van der Waals surface area (Å²) in [6.07, 6.45) is 6.86. The Morgan fingerprint density at radius 2 is 1.50 bits per heavy atom. The molecule has 0 unspecified atom stereocenters. The standard InChI is InChI=1S/C33H31N5O3S/c1-3-5-20-41-28-15-11-23(12-16-28)30-25(22-37(35-30)26-9-7-6-8-10-26)21-29-32(39)38-33(42-29)34-31(36-38)24-13-17-27(18-14-24)40-19-4-2/h6-18,21-22H,3-5,19-20H2,1-2H3. The summed E-state index contributed by atoms with van der Waals surface area (Å²) in [5, 5.41) is 9.42. The van der Waals surface area contributed by atoms with Crippen molar-refractivity contribution in [1.82, 2.24) is 24.4 Å². The Bertz CT molecular complexity index is 1890. The van der Waals surface area contributed by atoms with Crippen LogP contribution in [0.25, 0.3) is 39.4 Å². The van der Waals surface area contributed by atoms with Crippen molar-refractivity contribution in [2.45, 2.75) is 33.1 Å². The highest BCUT2D eigenvalue weighted by molar-refractivity contribution is 7.15. The molecule has 6 aromatic rings. The normalized spacial score (nSPS) is 11.8. The molecule has 3 heterocycles. The van der Waals surface area contributed by atoms with Crippen LogP contribution in [0.2, 0.25) is 0 Å². The summed E-state index contributed by atoms with van der Waals surface area (Å²) in [4.78, 5) is 18.6. The molecule has 3 aromatic carbocycles. The molecule has 0 atom stereocenters. The minimum absolute atomic E-state index is 0.213. The largest absolute Gasteiger partial charge is 0.494 e. The van der Waals surface area contributed by atoms with Crippen LogP contribution in [0.1, 0.15) is 38.7 Å². The minimum Gasteiger partial charge on any atom is -0.494 e. The van der Waals surface area contributed by atoms with Crippen LogP contribution in [0.5, 0.6) is 11.5 Å². The molecule has 0 aliphatic rings. The molecule has 0 fully saturated rings. The SMILES string of the molecule is CCCCOc1ccc(-c2nn(-c3ccccc3)cc2C=c2sc3nc(-c4ccc(OCCC)cc4)nn3c2=O)cc1. The molecule has 8 nitrogen and oxygen atoms in total. The van der Waals surface area contributed by atoms with E-state index in [4.69, 9.17) is 14.6 Å². The first kappa shape index (κ1) is 27.4. The van der Waals surface area contributed by atoms with Crippen LogP contribution in [-0.4, -0.2) is 37.6 Å². The second-order valence-corrected chi connectivity index (χ2v) is 10.9. The van der Waals surface area contributed by atoms with E-state index in [1.165, 1.54) is 15.9 Å². The maximum Gasteiger partial charge on any atom is 0.291 e. The van der Waals surface area contributed by atoms with Crippen molar-refractivity contribution < 1.29 is 9.47 Å². The molecule has 0 N–H and O–H groups in total. The van der Waals surface area contributed by atoms with Gasteiger partial charge in [0.05, 0.1) is 23.4 Å². The van der Waals surface area contributed by atoms with E-state index in [1.54, 1.807) is 0 Å². The minimum atomic E-state index is -0.213. The van der Waals surface area contributed by atoms with Gasteiger partial charge >= 0.3 is 0 Å². The number of rotatable bonds is 11. The van der Waals surface area contributed by atoms with E-state index >= 15 is 0 Å². The summed E-state index contributed by atoms with van der Waals surface area (Å²) >= 11 is 1.31. The lowest BCUT2D eigenvalue weighted by molar-refractivity contribution is 0.309. The van der Waals surface area contributed by atoms with Crippen molar-refractivity contribution in [2.24, 2.45) is 0 Å². The number of hydrogen-bond donors (Lipinski definition) is 0. The van der Waals surface area contributed by atoms with Crippen LogP contribution in [0.3, 0.4) is 0 Å². The highest BCUT2D eigenvalue weighted by Gasteiger charge is 2.15. The molecule has 3 aromatic heterocycles. The first-order chi connectivity index (χ1) is 20.6. The Labute approximate surface area is 247 Å². The Morgan fingerprint density at radius 1 is 0.810 bits per heavy atom. The van der Waals surface area contributed by atoms with Gasteiger partial charge in [-0.3, -0.25) is 4.79 Å². The molecule has 0 saturated heterocycles. The number of aromatic nitrogens is 5. The zero-order chi connectivity index (χ0) is 28.9. The molecule has 0 aliphatic carbocycles. The zero-order valence-corrected chi connectivity index (χ0v) is 24.4. The van der Waals surface area contributed by atoms with Gasteiger partial charge in [-0.1, -0.05) is 49.8 Å². The number of hydrogen-bond acceptors (Lipinski definition) is 7. The van der Waals surface area contributed by atoms with Crippen LogP contribution >= 0.6 is 11.3 Å². The van der Waals surface area contributed by atoms with Crippen LogP contribution < -0.4 is 19.6 Å². The lowest BCUT2D eigenvalue weighted by Gasteiger charge is -2.06. The van der Waals surface area contributed by atoms with E-state index in [-0.39, 0.29) is 5.56 Å². The summed E-state index contributed by atoms with van der Waals surface area (Å²) in [6, 6.07) is 25.4. The fourth-order valence-electron chi connectivity index (χ4n) is 4.49. The van der Waals surface area contributed by atoms with Gasteiger partial charge in [0.2, 0.25) is 4.96 Å². The van der Waals surface area contributed by atoms with E-state index in [9.17, 15) is 4.79 Å².